The second-order valence-corrected chi connectivity index (χ2v) is 4.53. The summed E-state index contributed by atoms with van der Waals surface area (Å²) in [7, 11) is 1.98. The monoisotopic (exact) mass is 247 g/mol. The predicted molar refractivity (Wildman–Crippen MR) is 71.8 cm³/mol. The van der Waals surface area contributed by atoms with Crippen molar-refractivity contribution in [3.05, 3.63) is 29.5 Å². The largest absolute Gasteiger partial charge is 0.312 e. The van der Waals surface area contributed by atoms with E-state index in [0.717, 1.165) is 36.8 Å². The van der Waals surface area contributed by atoms with Crippen LogP contribution in [0.1, 0.15) is 30.4 Å². The fourth-order valence-electron chi connectivity index (χ4n) is 2.19. The highest BCUT2D eigenvalue weighted by molar-refractivity contribution is 5.39. The average Bonchev–Trinajstić information content (AvgIpc) is 2.84. The van der Waals surface area contributed by atoms with Gasteiger partial charge in [0.2, 0.25) is 0 Å². The zero-order chi connectivity index (χ0) is 13.1. The Balaban J connectivity index is 2.37. The minimum atomic E-state index is 0.848. The number of aromatic nitrogens is 4. The molecule has 0 spiro atoms. The first-order valence-electron chi connectivity index (χ1n) is 6.38. The highest BCUT2D eigenvalue weighted by atomic mass is 15.3. The molecule has 0 fully saturated rings. The molecule has 98 valence electrons. The molecule has 1 N–H and O–H groups in total. The van der Waals surface area contributed by atoms with E-state index in [1.54, 1.807) is 0 Å². The molecule has 2 aromatic heterocycles. The maximum absolute atomic E-state index is 4.51. The van der Waals surface area contributed by atoms with Crippen molar-refractivity contribution in [1.82, 2.24) is 24.6 Å². The number of imidazole rings is 1. The van der Waals surface area contributed by atoms with Gasteiger partial charge in [-0.15, -0.1) is 0 Å². The van der Waals surface area contributed by atoms with E-state index >= 15 is 0 Å². The summed E-state index contributed by atoms with van der Waals surface area (Å²) in [6.45, 7) is 8.10. The normalized spacial score (nSPS) is 11.1. The van der Waals surface area contributed by atoms with E-state index in [1.165, 1.54) is 5.56 Å². The van der Waals surface area contributed by atoms with Crippen LogP contribution in [-0.2, 0) is 13.6 Å². The summed E-state index contributed by atoms with van der Waals surface area (Å²) in [4.78, 5) is 4.28. The van der Waals surface area contributed by atoms with Crippen molar-refractivity contribution in [2.45, 2.75) is 33.7 Å². The van der Waals surface area contributed by atoms with Gasteiger partial charge in [0.1, 0.15) is 11.6 Å². The molecule has 0 bridgehead atoms. The first-order chi connectivity index (χ1) is 8.65. The molecule has 18 heavy (non-hydrogen) atoms. The van der Waals surface area contributed by atoms with Crippen LogP contribution in [0.25, 0.3) is 5.82 Å². The number of aryl methyl sites for hydroxylation is 3. The van der Waals surface area contributed by atoms with Gasteiger partial charge in [-0.3, -0.25) is 9.25 Å². The number of hydrogen-bond donors (Lipinski definition) is 1. The van der Waals surface area contributed by atoms with Gasteiger partial charge < -0.3 is 5.32 Å². The van der Waals surface area contributed by atoms with Gasteiger partial charge in [-0.1, -0.05) is 6.92 Å². The first kappa shape index (κ1) is 12.8. The summed E-state index contributed by atoms with van der Waals surface area (Å²) >= 11 is 0. The molecule has 0 aliphatic carbocycles. The smallest absolute Gasteiger partial charge is 0.140 e. The van der Waals surface area contributed by atoms with Gasteiger partial charge in [-0.25, -0.2) is 4.98 Å². The van der Waals surface area contributed by atoms with Crippen LogP contribution >= 0.6 is 0 Å². The van der Waals surface area contributed by atoms with E-state index in [9.17, 15) is 0 Å². The lowest BCUT2D eigenvalue weighted by Crippen LogP contribution is -2.16. The van der Waals surface area contributed by atoms with Crippen molar-refractivity contribution in [3.63, 3.8) is 0 Å². The lowest BCUT2D eigenvalue weighted by atomic mass is 10.2. The van der Waals surface area contributed by atoms with Crippen LogP contribution in [0.3, 0.4) is 0 Å². The molecule has 0 amide bonds. The average molecular weight is 247 g/mol. The van der Waals surface area contributed by atoms with Gasteiger partial charge >= 0.3 is 0 Å². The minimum Gasteiger partial charge on any atom is -0.312 e. The quantitative estimate of drug-likeness (QED) is 0.818. The lowest BCUT2D eigenvalue weighted by molar-refractivity contribution is 0.666. The van der Waals surface area contributed by atoms with Gasteiger partial charge in [0.15, 0.2) is 0 Å². The molecule has 2 rings (SSSR count). The molecule has 2 heterocycles. The van der Waals surface area contributed by atoms with Crippen LogP contribution in [0, 0.1) is 13.8 Å². The minimum absolute atomic E-state index is 0.848. The Kier molecular flexibility index (Phi) is 3.81. The topological polar surface area (TPSA) is 47.7 Å². The van der Waals surface area contributed by atoms with Gasteiger partial charge in [0.25, 0.3) is 0 Å². The molecule has 0 saturated carbocycles. The summed E-state index contributed by atoms with van der Waals surface area (Å²) in [5, 5.41) is 7.96. The van der Waals surface area contributed by atoms with Gasteiger partial charge in [-0.05, 0) is 26.8 Å². The van der Waals surface area contributed by atoms with Crippen LogP contribution in [0.2, 0.25) is 0 Å². The van der Waals surface area contributed by atoms with Crippen LogP contribution in [0.5, 0.6) is 0 Å². The maximum Gasteiger partial charge on any atom is 0.140 e. The molecular weight excluding hydrogens is 226 g/mol. The molecule has 2 aromatic rings. The standard InChI is InChI=1S/C13H21N5/c1-5-6-14-9-12-10(2)16-17(4)13(12)18-8-7-15-11(18)3/h7-8,14H,5-6,9H2,1-4H3. The van der Waals surface area contributed by atoms with Crippen molar-refractivity contribution in [1.29, 1.82) is 0 Å². The van der Waals surface area contributed by atoms with Gasteiger partial charge in [0.05, 0.1) is 5.69 Å². The van der Waals surface area contributed by atoms with Crippen LogP contribution < -0.4 is 5.32 Å². The van der Waals surface area contributed by atoms with E-state index in [0.29, 0.717) is 0 Å². The first-order valence-corrected chi connectivity index (χ1v) is 6.38. The Bertz CT molecular complexity index is 523. The zero-order valence-electron chi connectivity index (χ0n) is 11.6. The third-order valence-corrected chi connectivity index (χ3v) is 3.10. The summed E-state index contributed by atoms with van der Waals surface area (Å²) < 4.78 is 4.01. The summed E-state index contributed by atoms with van der Waals surface area (Å²) in [6, 6.07) is 0. The maximum atomic E-state index is 4.51. The van der Waals surface area contributed by atoms with E-state index in [-0.39, 0.29) is 0 Å². The fraction of sp³-hybridized carbons (Fsp3) is 0.538. The van der Waals surface area contributed by atoms with Crippen molar-refractivity contribution < 1.29 is 0 Å². The number of hydrogen-bond acceptors (Lipinski definition) is 3. The van der Waals surface area contributed by atoms with Crippen molar-refractivity contribution in [2.24, 2.45) is 7.05 Å². The highest BCUT2D eigenvalue weighted by Crippen LogP contribution is 2.18. The number of rotatable bonds is 5. The Morgan fingerprint density at radius 2 is 2.11 bits per heavy atom. The summed E-state index contributed by atoms with van der Waals surface area (Å²) in [5.74, 6) is 2.08. The van der Waals surface area contributed by atoms with Crippen molar-refractivity contribution in [3.8, 4) is 5.82 Å². The molecule has 0 radical (unpaired) electrons. The van der Waals surface area contributed by atoms with E-state index in [4.69, 9.17) is 0 Å². The molecule has 5 heteroatoms. The van der Waals surface area contributed by atoms with E-state index in [2.05, 4.69) is 33.8 Å². The number of nitrogens with zero attached hydrogens (tertiary/aromatic N) is 4. The second-order valence-electron chi connectivity index (χ2n) is 4.53. The van der Waals surface area contributed by atoms with Crippen molar-refractivity contribution >= 4 is 0 Å². The third kappa shape index (κ3) is 2.31. The molecule has 0 atom stereocenters. The van der Waals surface area contributed by atoms with Gasteiger partial charge in [0, 0.05) is 31.5 Å². The lowest BCUT2D eigenvalue weighted by Gasteiger charge is -2.10. The summed E-state index contributed by atoms with van der Waals surface area (Å²) in [6.07, 6.45) is 4.94. The fourth-order valence-corrected chi connectivity index (χ4v) is 2.19. The molecule has 0 aliphatic heterocycles. The second kappa shape index (κ2) is 5.35. The Morgan fingerprint density at radius 3 is 2.72 bits per heavy atom. The highest BCUT2D eigenvalue weighted by Gasteiger charge is 2.15. The zero-order valence-corrected chi connectivity index (χ0v) is 11.6. The van der Waals surface area contributed by atoms with E-state index < -0.39 is 0 Å². The van der Waals surface area contributed by atoms with Crippen LogP contribution in [0.4, 0.5) is 0 Å². The number of nitrogens with one attached hydrogen (secondary N) is 1. The van der Waals surface area contributed by atoms with Crippen LogP contribution in [-0.4, -0.2) is 25.9 Å². The molecule has 0 aromatic carbocycles. The Morgan fingerprint density at radius 1 is 1.33 bits per heavy atom. The molecule has 0 saturated heterocycles. The Labute approximate surface area is 108 Å². The third-order valence-electron chi connectivity index (χ3n) is 3.10. The molecule has 0 aliphatic rings. The molecule has 0 unspecified atom stereocenters. The summed E-state index contributed by atoms with van der Waals surface area (Å²) in [5.41, 5.74) is 2.32. The SMILES string of the molecule is CCCNCc1c(C)nn(C)c1-n1ccnc1C. The van der Waals surface area contributed by atoms with E-state index in [1.807, 2.05) is 31.0 Å². The molecule has 5 nitrogen and oxygen atoms in total. The van der Waals surface area contributed by atoms with Gasteiger partial charge in [-0.2, -0.15) is 5.10 Å². The van der Waals surface area contributed by atoms with Crippen LogP contribution in [0.15, 0.2) is 12.4 Å². The predicted octanol–water partition coefficient (Wildman–Crippen LogP) is 1.72. The molecular formula is C13H21N5. The van der Waals surface area contributed by atoms with Crippen molar-refractivity contribution in [2.75, 3.05) is 6.54 Å². The Hall–Kier alpha value is -1.62.